The van der Waals surface area contributed by atoms with Gasteiger partial charge in [-0.15, -0.1) is 0 Å². The van der Waals surface area contributed by atoms with Crippen LogP contribution in [-0.2, 0) is 23.8 Å². The van der Waals surface area contributed by atoms with Crippen molar-refractivity contribution in [3.63, 3.8) is 0 Å². The molecule has 0 spiro atoms. The van der Waals surface area contributed by atoms with E-state index in [1.165, 1.54) is 7.11 Å². The summed E-state index contributed by atoms with van der Waals surface area (Å²) in [6.45, 7) is 3.04. The first-order valence-electron chi connectivity index (χ1n) is 6.08. The fraction of sp³-hybridized carbons (Fsp3) is 0.833. The molecule has 1 rings (SSSR count). The van der Waals surface area contributed by atoms with E-state index < -0.39 is 6.10 Å². The highest BCUT2D eigenvalue weighted by atomic mass is 16.5. The van der Waals surface area contributed by atoms with E-state index in [2.05, 4.69) is 9.47 Å². The Labute approximate surface area is 107 Å². The van der Waals surface area contributed by atoms with Gasteiger partial charge in [-0.2, -0.15) is 0 Å². The number of carbonyl (C=O) groups is 2. The third kappa shape index (κ3) is 10.0. The normalized spacial score (nSPS) is 15.4. The number of carbonyl (C=O) groups excluding carboxylic acids is 2. The molecule has 0 aromatic rings. The molecule has 18 heavy (non-hydrogen) atoms. The van der Waals surface area contributed by atoms with Crippen molar-refractivity contribution in [1.82, 2.24) is 0 Å². The highest BCUT2D eigenvalue weighted by Gasteiger charge is 2.08. The van der Waals surface area contributed by atoms with Crippen LogP contribution in [0, 0.1) is 0 Å². The van der Waals surface area contributed by atoms with E-state index in [9.17, 15) is 9.59 Å². The molecule has 0 aromatic heterocycles. The first-order valence-corrected chi connectivity index (χ1v) is 6.08. The summed E-state index contributed by atoms with van der Waals surface area (Å²) >= 11 is 0. The highest BCUT2D eigenvalue weighted by molar-refractivity contribution is 5.70. The van der Waals surface area contributed by atoms with Crippen LogP contribution in [0.3, 0.4) is 0 Å². The van der Waals surface area contributed by atoms with Gasteiger partial charge in [0, 0.05) is 20.0 Å². The molecule has 106 valence electrons. The van der Waals surface area contributed by atoms with Gasteiger partial charge in [0.05, 0.1) is 25.9 Å². The Bertz CT molecular complexity index is 233. The van der Waals surface area contributed by atoms with Gasteiger partial charge in [0.1, 0.15) is 0 Å². The quantitative estimate of drug-likeness (QED) is 0.708. The molecule has 0 bridgehead atoms. The molecule has 6 nitrogen and oxygen atoms in total. The zero-order chi connectivity index (χ0) is 13.8. The van der Waals surface area contributed by atoms with Gasteiger partial charge in [-0.1, -0.05) is 0 Å². The third-order valence-electron chi connectivity index (χ3n) is 2.13. The predicted octanol–water partition coefficient (Wildman–Crippen LogP) is 0.660. The lowest BCUT2D eigenvalue weighted by Gasteiger charge is -2.07. The van der Waals surface area contributed by atoms with Crippen molar-refractivity contribution in [3.8, 4) is 0 Å². The van der Waals surface area contributed by atoms with E-state index in [1.54, 1.807) is 6.92 Å². The van der Waals surface area contributed by atoms with E-state index in [4.69, 9.17) is 9.84 Å². The molecule has 0 aliphatic carbocycles. The Morgan fingerprint density at radius 1 is 1.56 bits per heavy atom. The van der Waals surface area contributed by atoms with Gasteiger partial charge >= 0.3 is 11.9 Å². The summed E-state index contributed by atoms with van der Waals surface area (Å²) in [6, 6.07) is 0. The summed E-state index contributed by atoms with van der Waals surface area (Å²) in [5, 5.41) is 9.13. The molecule has 1 fully saturated rings. The lowest BCUT2D eigenvalue weighted by molar-refractivity contribution is -0.144. The predicted molar refractivity (Wildman–Crippen MR) is 63.9 cm³/mol. The molecule has 6 heteroatoms. The summed E-state index contributed by atoms with van der Waals surface area (Å²) in [5.74, 6) is -0.317. The number of aliphatic hydroxyl groups is 1. The Kier molecular flexibility index (Phi) is 10.3. The zero-order valence-corrected chi connectivity index (χ0v) is 11.0. The summed E-state index contributed by atoms with van der Waals surface area (Å²) < 4.78 is 13.9. The van der Waals surface area contributed by atoms with Gasteiger partial charge in [0.2, 0.25) is 0 Å². The Hall–Kier alpha value is -1.14. The fourth-order valence-corrected chi connectivity index (χ4v) is 1.27. The zero-order valence-electron chi connectivity index (χ0n) is 11.0. The van der Waals surface area contributed by atoms with Crippen molar-refractivity contribution in [2.75, 3.05) is 26.9 Å². The van der Waals surface area contributed by atoms with E-state index in [-0.39, 0.29) is 25.0 Å². The van der Waals surface area contributed by atoms with Crippen LogP contribution < -0.4 is 0 Å². The summed E-state index contributed by atoms with van der Waals surface area (Å²) in [6.07, 6.45) is 1.61. The molecule has 1 atom stereocenters. The maximum atomic E-state index is 10.8. The first-order chi connectivity index (χ1) is 8.60. The molecule has 1 N–H and O–H groups in total. The van der Waals surface area contributed by atoms with E-state index >= 15 is 0 Å². The number of cyclic esters (lactones) is 1. The SMILES string of the molecule is CCOC(=O)CCC(O)COC.O=C1CCCO1. The molecule has 0 amide bonds. The largest absolute Gasteiger partial charge is 0.466 e. The minimum atomic E-state index is -0.570. The van der Waals surface area contributed by atoms with Gasteiger partial charge in [-0.05, 0) is 19.8 Å². The number of esters is 2. The third-order valence-corrected chi connectivity index (χ3v) is 2.13. The van der Waals surface area contributed by atoms with Crippen molar-refractivity contribution in [2.24, 2.45) is 0 Å². The monoisotopic (exact) mass is 262 g/mol. The number of hydrogen-bond acceptors (Lipinski definition) is 6. The molecule has 1 aliphatic rings. The molecule has 0 aromatic carbocycles. The maximum absolute atomic E-state index is 10.8. The second-order valence-electron chi connectivity index (χ2n) is 3.78. The van der Waals surface area contributed by atoms with Crippen LogP contribution >= 0.6 is 0 Å². The lowest BCUT2D eigenvalue weighted by atomic mass is 10.2. The number of aliphatic hydroxyl groups excluding tert-OH is 1. The first kappa shape index (κ1) is 16.9. The minimum Gasteiger partial charge on any atom is -0.466 e. The molecule has 1 heterocycles. The lowest BCUT2D eigenvalue weighted by Crippen LogP contribution is -2.16. The molecule has 0 radical (unpaired) electrons. The van der Waals surface area contributed by atoms with Crippen molar-refractivity contribution >= 4 is 11.9 Å². The summed E-state index contributed by atoms with van der Waals surface area (Å²) in [5.41, 5.74) is 0. The van der Waals surface area contributed by atoms with Crippen molar-refractivity contribution in [1.29, 1.82) is 0 Å². The molecular weight excluding hydrogens is 240 g/mol. The second kappa shape index (κ2) is 11.0. The molecule has 0 saturated carbocycles. The van der Waals surface area contributed by atoms with Gasteiger partial charge < -0.3 is 19.3 Å². The van der Waals surface area contributed by atoms with Gasteiger partial charge in [-0.25, -0.2) is 0 Å². The minimum absolute atomic E-state index is 0.0463. The topological polar surface area (TPSA) is 82.1 Å². The highest BCUT2D eigenvalue weighted by Crippen LogP contribution is 2.01. The van der Waals surface area contributed by atoms with Gasteiger partial charge in [0.25, 0.3) is 0 Å². The standard InChI is InChI=1S/C8H16O4.C4H6O2/c1-3-12-8(10)5-4-7(9)6-11-2;5-4-2-1-3-6-4/h7,9H,3-6H2,1-2H3;1-3H2. The number of methoxy groups -OCH3 is 1. The smallest absolute Gasteiger partial charge is 0.305 e. The summed E-state index contributed by atoms with van der Waals surface area (Å²) in [4.78, 5) is 20.8. The van der Waals surface area contributed by atoms with E-state index in [1.807, 2.05) is 0 Å². The average Bonchev–Trinajstić information content (AvgIpc) is 2.79. The number of ether oxygens (including phenoxy) is 3. The Balaban J connectivity index is 0.000000397. The molecule has 1 aliphatic heterocycles. The van der Waals surface area contributed by atoms with Crippen LogP contribution in [0.2, 0.25) is 0 Å². The molecular formula is C12H22O6. The summed E-state index contributed by atoms with van der Waals surface area (Å²) in [7, 11) is 1.51. The fourth-order valence-electron chi connectivity index (χ4n) is 1.27. The Morgan fingerprint density at radius 2 is 2.28 bits per heavy atom. The molecule has 1 unspecified atom stereocenters. The van der Waals surface area contributed by atoms with Crippen LogP contribution in [0.1, 0.15) is 32.6 Å². The Morgan fingerprint density at radius 3 is 2.67 bits per heavy atom. The van der Waals surface area contributed by atoms with Crippen molar-refractivity contribution < 1.29 is 28.9 Å². The van der Waals surface area contributed by atoms with Gasteiger partial charge in [-0.3, -0.25) is 9.59 Å². The van der Waals surface area contributed by atoms with Crippen LogP contribution in [0.4, 0.5) is 0 Å². The van der Waals surface area contributed by atoms with Crippen LogP contribution in [-0.4, -0.2) is 50.1 Å². The number of rotatable bonds is 6. The molecule has 1 saturated heterocycles. The van der Waals surface area contributed by atoms with Crippen LogP contribution in [0.15, 0.2) is 0 Å². The van der Waals surface area contributed by atoms with Crippen molar-refractivity contribution in [3.05, 3.63) is 0 Å². The maximum Gasteiger partial charge on any atom is 0.305 e. The number of hydrogen-bond donors (Lipinski definition) is 1. The van der Waals surface area contributed by atoms with E-state index in [0.29, 0.717) is 26.1 Å². The van der Waals surface area contributed by atoms with Crippen LogP contribution in [0.25, 0.3) is 0 Å². The second-order valence-corrected chi connectivity index (χ2v) is 3.78. The van der Waals surface area contributed by atoms with Crippen LogP contribution in [0.5, 0.6) is 0 Å². The van der Waals surface area contributed by atoms with Crippen molar-refractivity contribution in [2.45, 2.75) is 38.7 Å². The average molecular weight is 262 g/mol. The van der Waals surface area contributed by atoms with E-state index in [0.717, 1.165) is 6.42 Å². The van der Waals surface area contributed by atoms with Gasteiger partial charge in [0.15, 0.2) is 0 Å².